The van der Waals surface area contributed by atoms with E-state index in [0.717, 1.165) is 45.4 Å². The van der Waals surface area contributed by atoms with Gasteiger partial charge in [-0.25, -0.2) is 4.79 Å². The zero-order valence-electron chi connectivity index (χ0n) is 34.3. The maximum Gasteiger partial charge on any atom is 0.333 e. The van der Waals surface area contributed by atoms with Gasteiger partial charge in [0.25, 0.3) is 0 Å². The second kappa shape index (κ2) is 23.4. The number of hydrogen-bond donors (Lipinski definition) is 2. The van der Waals surface area contributed by atoms with Crippen LogP contribution in [-0.2, 0) is 20.7 Å². The van der Waals surface area contributed by atoms with E-state index in [0.29, 0.717) is 43.5 Å². The second-order valence-corrected chi connectivity index (χ2v) is 13.9. The van der Waals surface area contributed by atoms with Crippen LogP contribution < -0.4 is 28.4 Å². The summed E-state index contributed by atoms with van der Waals surface area (Å²) in [7, 11) is 1.39. The summed E-state index contributed by atoms with van der Waals surface area (Å²) in [4.78, 5) is 22.1. The summed E-state index contributed by atoms with van der Waals surface area (Å²) in [6.07, 6.45) is -0.717. The fourth-order valence-electron chi connectivity index (χ4n) is 5.53. The van der Waals surface area contributed by atoms with Gasteiger partial charge in [0, 0.05) is 13.5 Å². The highest BCUT2D eigenvalue weighted by atomic mass is 16.5. The molecule has 0 aliphatic heterocycles. The van der Waals surface area contributed by atoms with Crippen molar-refractivity contribution in [2.45, 2.75) is 38.4 Å². The van der Waals surface area contributed by atoms with Crippen LogP contribution in [0.15, 0.2) is 170 Å². The molecule has 0 aromatic heterocycles. The molecule has 0 fully saturated rings. The Morgan fingerprint density at radius 1 is 0.525 bits per heavy atom. The molecule has 61 heavy (non-hydrogen) atoms. The average Bonchev–Trinajstić information content (AvgIpc) is 3.28. The van der Waals surface area contributed by atoms with E-state index in [4.69, 9.17) is 43.4 Å². The fraction of sp³-hybridized carbons (Fsp3) is 0.200. The number of carboxylic acid groups (broad SMARTS) is 2. The van der Waals surface area contributed by atoms with E-state index in [2.05, 4.69) is 6.58 Å². The number of aliphatic carboxylic acids is 2. The minimum Gasteiger partial charge on any atom is -0.490 e. The molecule has 0 aliphatic carbocycles. The highest BCUT2D eigenvalue weighted by Crippen LogP contribution is 2.26. The molecule has 316 valence electrons. The molecule has 0 bridgehead atoms. The largest absolute Gasteiger partial charge is 0.490 e. The van der Waals surface area contributed by atoms with Gasteiger partial charge < -0.3 is 43.4 Å². The molecular weight excluding hydrogens is 777 g/mol. The zero-order valence-corrected chi connectivity index (χ0v) is 34.3. The van der Waals surface area contributed by atoms with Crippen molar-refractivity contribution < 1.29 is 53.0 Å². The molecule has 11 nitrogen and oxygen atoms in total. The van der Waals surface area contributed by atoms with Crippen molar-refractivity contribution >= 4 is 11.9 Å². The number of hydrogen-bond acceptors (Lipinski definition) is 9. The van der Waals surface area contributed by atoms with Crippen LogP contribution in [0.5, 0.6) is 46.0 Å². The molecule has 2 unspecified atom stereocenters. The lowest BCUT2D eigenvalue weighted by molar-refractivity contribution is -0.148. The number of rotatable bonds is 21. The second-order valence-electron chi connectivity index (χ2n) is 13.9. The first-order chi connectivity index (χ1) is 29.5. The summed E-state index contributed by atoms with van der Waals surface area (Å²) in [5.74, 6) is 3.43. The molecule has 11 heteroatoms. The summed E-state index contributed by atoms with van der Waals surface area (Å²) in [6.45, 7) is 8.56. The third-order valence-electron chi connectivity index (χ3n) is 8.97. The molecular formula is C50H50O11. The first-order valence-electron chi connectivity index (χ1n) is 19.6. The van der Waals surface area contributed by atoms with E-state index < -0.39 is 24.0 Å². The molecule has 0 aliphatic rings. The summed E-state index contributed by atoms with van der Waals surface area (Å²) in [6, 6.07) is 48.3. The molecule has 2 N–H and O–H groups in total. The van der Waals surface area contributed by atoms with Gasteiger partial charge in [-0.05, 0) is 128 Å². The number of para-hydroxylation sites is 2. The topological polar surface area (TPSA) is 139 Å². The molecule has 3 atom stereocenters. The SMILES string of the molecule is C=C(COc1ccc(Oc2ccccc2)cc1)COc1ccc(C(C)C(=O)O)cc1.CO[C@@H](Cc1ccc(OCC(C)Oc2ccc(Oc3ccccc3)cc2)cc1)C(=O)O. The normalized spacial score (nSPS) is 12.0. The Morgan fingerprint density at radius 3 is 1.39 bits per heavy atom. The zero-order chi connectivity index (χ0) is 43.4. The predicted molar refractivity (Wildman–Crippen MR) is 233 cm³/mol. The Kier molecular flexibility index (Phi) is 17.2. The standard InChI is InChI=1S/C25H26O6.C25H24O5/c1-18(17-29-20-10-8-19(9-11-20)16-24(28-2)25(26)27)30-22-12-14-23(15-13-22)31-21-6-4-3-5-7-21;1-18(16-28-21-10-8-20(9-11-21)19(2)25(26)27)17-29-22-12-14-24(15-13-22)30-23-6-4-3-5-7-23/h3-15,18,24H,16-17H2,1-2H3,(H,26,27);3-15,19H,1,16-17H2,2H3,(H,26,27)/t18?,24-;/m0./s1. The predicted octanol–water partition coefficient (Wildman–Crippen LogP) is 10.6. The maximum atomic E-state index is 11.1. The third-order valence-corrected chi connectivity index (χ3v) is 8.97. The molecule has 0 spiro atoms. The number of carboxylic acids is 2. The van der Waals surface area contributed by atoms with Crippen LogP contribution in [0.4, 0.5) is 0 Å². The van der Waals surface area contributed by atoms with Crippen molar-refractivity contribution in [2.75, 3.05) is 26.9 Å². The molecule has 6 rings (SSSR count). The van der Waals surface area contributed by atoms with Crippen molar-refractivity contribution in [1.82, 2.24) is 0 Å². The Morgan fingerprint density at radius 2 is 0.934 bits per heavy atom. The maximum absolute atomic E-state index is 11.1. The smallest absolute Gasteiger partial charge is 0.333 e. The Balaban J connectivity index is 0.000000231. The van der Waals surface area contributed by atoms with Crippen LogP contribution in [0.3, 0.4) is 0 Å². The van der Waals surface area contributed by atoms with Gasteiger partial charge in [0.2, 0.25) is 0 Å². The van der Waals surface area contributed by atoms with Gasteiger partial charge in [-0.2, -0.15) is 0 Å². The lowest BCUT2D eigenvalue weighted by Gasteiger charge is -2.16. The molecule has 0 heterocycles. The van der Waals surface area contributed by atoms with Gasteiger partial charge in [-0.1, -0.05) is 67.2 Å². The van der Waals surface area contributed by atoms with Crippen LogP contribution in [0, 0.1) is 0 Å². The quantitative estimate of drug-likeness (QED) is 0.0670. The molecule has 6 aromatic carbocycles. The molecule has 0 saturated heterocycles. The Bertz CT molecular complexity index is 2230. The Hall–Kier alpha value is -7.24. The number of benzene rings is 6. The molecule has 0 amide bonds. The van der Waals surface area contributed by atoms with Gasteiger partial charge in [-0.15, -0.1) is 0 Å². The van der Waals surface area contributed by atoms with E-state index in [1.165, 1.54) is 7.11 Å². The molecule has 6 aromatic rings. The van der Waals surface area contributed by atoms with Crippen LogP contribution in [-0.4, -0.2) is 61.3 Å². The fourth-order valence-corrected chi connectivity index (χ4v) is 5.53. The number of carbonyl (C=O) groups is 2. The van der Waals surface area contributed by atoms with Gasteiger partial charge >= 0.3 is 11.9 Å². The minimum absolute atomic E-state index is 0.162. The third kappa shape index (κ3) is 15.5. The van der Waals surface area contributed by atoms with E-state index in [9.17, 15) is 9.59 Å². The van der Waals surface area contributed by atoms with Crippen LogP contribution in [0.1, 0.15) is 30.9 Å². The highest BCUT2D eigenvalue weighted by molar-refractivity contribution is 5.75. The molecule has 0 saturated carbocycles. The summed E-state index contributed by atoms with van der Waals surface area (Å²) < 4.78 is 39.6. The number of methoxy groups -OCH3 is 1. The van der Waals surface area contributed by atoms with Crippen molar-refractivity contribution in [3.63, 3.8) is 0 Å². The van der Waals surface area contributed by atoms with E-state index in [1.54, 1.807) is 31.2 Å². The van der Waals surface area contributed by atoms with Crippen molar-refractivity contribution in [1.29, 1.82) is 0 Å². The lowest BCUT2D eigenvalue weighted by atomic mass is 10.0. The van der Waals surface area contributed by atoms with Crippen LogP contribution >= 0.6 is 0 Å². The van der Waals surface area contributed by atoms with Gasteiger partial charge in [0.15, 0.2) is 6.10 Å². The van der Waals surface area contributed by atoms with E-state index in [1.807, 2.05) is 140 Å². The van der Waals surface area contributed by atoms with E-state index >= 15 is 0 Å². The van der Waals surface area contributed by atoms with Crippen molar-refractivity contribution in [3.05, 3.63) is 181 Å². The van der Waals surface area contributed by atoms with Gasteiger partial charge in [-0.3, -0.25) is 4.79 Å². The minimum atomic E-state index is -0.978. The van der Waals surface area contributed by atoms with Crippen LogP contribution in [0.2, 0.25) is 0 Å². The summed E-state index contributed by atoms with van der Waals surface area (Å²) in [5, 5.41) is 18.1. The first-order valence-corrected chi connectivity index (χ1v) is 19.6. The number of ether oxygens (including phenoxy) is 7. The summed E-state index contributed by atoms with van der Waals surface area (Å²) >= 11 is 0. The van der Waals surface area contributed by atoms with Gasteiger partial charge in [0.05, 0.1) is 5.92 Å². The van der Waals surface area contributed by atoms with Gasteiger partial charge in [0.1, 0.15) is 71.9 Å². The lowest BCUT2D eigenvalue weighted by Crippen LogP contribution is -2.24. The summed E-state index contributed by atoms with van der Waals surface area (Å²) in [5.41, 5.74) is 2.38. The van der Waals surface area contributed by atoms with Crippen molar-refractivity contribution in [3.8, 4) is 46.0 Å². The monoisotopic (exact) mass is 826 g/mol. The van der Waals surface area contributed by atoms with E-state index in [-0.39, 0.29) is 6.10 Å². The average molecular weight is 827 g/mol. The highest BCUT2D eigenvalue weighted by Gasteiger charge is 2.17. The first kappa shape index (κ1) is 44.9. The van der Waals surface area contributed by atoms with Crippen LogP contribution in [0.25, 0.3) is 0 Å². The molecule has 0 radical (unpaired) electrons. The van der Waals surface area contributed by atoms with Crippen molar-refractivity contribution in [2.24, 2.45) is 0 Å². The Labute approximate surface area is 356 Å².